The lowest BCUT2D eigenvalue weighted by atomic mass is 10.1. The first-order valence-corrected chi connectivity index (χ1v) is 7.05. The smallest absolute Gasteiger partial charge is 0.239 e. The fourth-order valence-corrected chi connectivity index (χ4v) is 2.27. The van der Waals surface area contributed by atoms with Crippen molar-refractivity contribution < 1.29 is 9.59 Å². The topological polar surface area (TPSA) is 70.2 Å². The average Bonchev–Trinajstić information content (AvgIpc) is 2.47. The molecule has 0 unspecified atom stereocenters. The summed E-state index contributed by atoms with van der Waals surface area (Å²) < 4.78 is 0. The van der Waals surface area contributed by atoms with Crippen molar-refractivity contribution in [3.63, 3.8) is 0 Å². The number of hydrogen-bond acceptors (Lipinski definition) is 3. The molecular weight excluding hydrogens is 290 g/mol. The zero-order valence-corrected chi connectivity index (χ0v) is 12.7. The second kappa shape index (κ2) is 9.37. The highest BCUT2D eigenvalue weighted by atomic mass is 35.5. The molecular formula is C15H22ClN3O2. The van der Waals surface area contributed by atoms with Crippen molar-refractivity contribution in [1.29, 1.82) is 0 Å². The molecule has 1 aliphatic rings. The molecule has 0 aliphatic carbocycles. The predicted octanol–water partition coefficient (Wildman–Crippen LogP) is 0.635. The molecule has 1 aromatic rings. The van der Waals surface area contributed by atoms with E-state index in [1.165, 1.54) is 0 Å². The van der Waals surface area contributed by atoms with Crippen LogP contribution >= 0.6 is 12.4 Å². The Labute approximate surface area is 131 Å². The highest BCUT2D eigenvalue weighted by Gasteiger charge is 2.15. The van der Waals surface area contributed by atoms with Crippen LogP contribution in [0.15, 0.2) is 30.3 Å². The molecule has 21 heavy (non-hydrogen) atoms. The van der Waals surface area contributed by atoms with Crippen LogP contribution in [0.1, 0.15) is 18.4 Å². The number of halogens is 1. The molecule has 0 bridgehead atoms. The van der Waals surface area contributed by atoms with E-state index in [2.05, 4.69) is 16.0 Å². The van der Waals surface area contributed by atoms with E-state index in [4.69, 9.17) is 0 Å². The van der Waals surface area contributed by atoms with Gasteiger partial charge in [-0.25, -0.2) is 0 Å². The second-order valence-corrected chi connectivity index (χ2v) is 5.03. The molecule has 0 saturated carbocycles. The molecule has 1 saturated heterocycles. The maximum Gasteiger partial charge on any atom is 0.239 e. The Kier molecular flexibility index (Phi) is 7.79. The number of hydrogen-bond donors (Lipinski definition) is 3. The van der Waals surface area contributed by atoms with Gasteiger partial charge in [0.05, 0.1) is 13.0 Å². The van der Waals surface area contributed by atoms with Crippen molar-refractivity contribution in [2.75, 3.05) is 19.6 Å². The Morgan fingerprint density at radius 1 is 1.10 bits per heavy atom. The first-order chi connectivity index (χ1) is 9.74. The van der Waals surface area contributed by atoms with Gasteiger partial charge in [0.15, 0.2) is 0 Å². The number of carbonyl (C=O) groups excluding carboxylic acids is 2. The van der Waals surface area contributed by atoms with Gasteiger partial charge in [-0.2, -0.15) is 0 Å². The van der Waals surface area contributed by atoms with E-state index in [1.54, 1.807) is 0 Å². The standard InChI is InChI=1S/C15H21N3O2.ClH/c19-14(10-12-4-2-1-3-5-12)17-11-15(20)18-13-6-8-16-9-7-13;/h1-5,13,16H,6-11H2,(H,17,19)(H,18,20);1H. The molecule has 6 heteroatoms. The summed E-state index contributed by atoms with van der Waals surface area (Å²) in [4.78, 5) is 23.4. The third kappa shape index (κ3) is 6.60. The van der Waals surface area contributed by atoms with E-state index in [9.17, 15) is 9.59 Å². The minimum Gasteiger partial charge on any atom is -0.352 e. The molecule has 0 atom stereocenters. The Balaban J connectivity index is 0.00000220. The zero-order chi connectivity index (χ0) is 14.2. The summed E-state index contributed by atoms with van der Waals surface area (Å²) in [6.45, 7) is 1.92. The highest BCUT2D eigenvalue weighted by Crippen LogP contribution is 2.01. The first kappa shape index (κ1) is 17.5. The van der Waals surface area contributed by atoms with Crippen molar-refractivity contribution >= 4 is 24.2 Å². The van der Waals surface area contributed by atoms with Crippen LogP contribution in [0.25, 0.3) is 0 Å². The number of benzene rings is 1. The quantitative estimate of drug-likeness (QED) is 0.747. The fourth-order valence-electron chi connectivity index (χ4n) is 2.27. The Morgan fingerprint density at radius 2 is 1.76 bits per heavy atom. The van der Waals surface area contributed by atoms with E-state index in [-0.39, 0.29) is 36.8 Å². The fraction of sp³-hybridized carbons (Fsp3) is 0.467. The summed E-state index contributed by atoms with van der Waals surface area (Å²) in [5, 5.41) is 8.84. The molecule has 2 amide bonds. The van der Waals surface area contributed by atoms with E-state index in [0.717, 1.165) is 31.5 Å². The van der Waals surface area contributed by atoms with Crippen molar-refractivity contribution in [2.45, 2.75) is 25.3 Å². The van der Waals surface area contributed by atoms with Crippen LogP contribution < -0.4 is 16.0 Å². The molecule has 5 nitrogen and oxygen atoms in total. The lowest BCUT2D eigenvalue weighted by Gasteiger charge is -2.23. The molecule has 0 aromatic heterocycles. The van der Waals surface area contributed by atoms with Gasteiger partial charge in [0.1, 0.15) is 0 Å². The normalized spacial score (nSPS) is 14.9. The lowest BCUT2D eigenvalue weighted by Crippen LogP contribution is -2.46. The largest absolute Gasteiger partial charge is 0.352 e. The van der Waals surface area contributed by atoms with E-state index >= 15 is 0 Å². The van der Waals surface area contributed by atoms with Gasteiger partial charge in [-0.15, -0.1) is 12.4 Å². The average molecular weight is 312 g/mol. The zero-order valence-electron chi connectivity index (χ0n) is 11.9. The van der Waals surface area contributed by atoms with Crippen LogP contribution in [-0.2, 0) is 16.0 Å². The van der Waals surface area contributed by atoms with Crippen LogP contribution in [0.3, 0.4) is 0 Å². The van der Waals surface area contributed by atoms with Gasteiger partial charge in [-0.1, -0.05) is 30.3 Å². The molecule has 1 aromatic carbocycles. The van der Waals surface area contributed by atoms with Crippen LogP contribution in [0.5, 0.6) is 0 Å². The SMILES string of the molecule is Cl.O=C(Cc1ccccc1)NCC(=O)NC1CCNCC1. The van der Waals surface area contributed by atoms with Gasteiger partial charge >= 0.3 is 0 Å². The number of piperidine rings is 1. The Hall–Kier alpha value is -1.59. The molecule has 116 valence electrons. The van der Waals surface area contributed by atoms with Crippen LogP contribution in [0.4, 0.5) is 0 Å². The summed E-state index contributed by atoms with van der Waals surface area (Å²) in [6.07, 6.45) is 2.20. The van der Waals surface area contributed by atoms with Gasteiger partial charge in [-0.3, -0.25) is 9.59 Å². The van der Waals surface area contributed by atoms with Gasteiger partial charge in [0, 0.05) is 6.04 Å². The first-order valence-electron chi connectivity index (χ1n) is 7.05. The van der Waals surface area contributed by atoms with Gasteiger partial charge in [0.2, 0.25) is 11.8 Å². The van der Waals surface area contributed by atoms with E-state index < -0.39 is 0 Å². The summed E-state index contributed by atoms with van der Waals surface area (Å²) in [5.74, 6) is -0.241. The summed E-state index contributed by atoms with van der Waals surface area (Å²) in [7, 11) is 0. The second-order valence-electron chi connectivity index (χ2n) is 5.03. The van der Waals surface area contributed by atoms with Gasteiger partial charge < -0.3 is 16.0 Å². The summed E-state index contributed by atoms with van der Waals surface area (Å²) >= 11 is 0. The predicted molar refractivity (Wildman–Crippen MR) is 84.4 cm³/mol. The van der Waals surface area contributed by atoms with Gasteiger partial charge in [0.25, 0.3) is 0 Å². The molecule has 1 aliphatic heterocycles. The Morgan fingerprint density at radius 3 is 2.43 bits per heavy atom. The van der Waals surface area contributed by atoms with Crippen LogP contribution in [0.2, 0.25) is 0 Å². The molecule has 1 fully saturated rings. The third-order valence-corrected chi connectivity index (χ3v) is 3.36. The lowest BCUT2D eigenvalue weighted by molar-refractivity contribution is -0.126. The van der Waals surface area contributed by atoms with Crippen molar-refractivity contribution in [3.05, 3.63) is 35.9 Å². The molecule has 0 radical (unpaired) electrons. The molecule has 3 N–H and O–H groups in total. The van der Waals surface area contributed by atoms with Crippen LogP contribution in [-0.4, -0.2) is 37.5 Å². The van der Waals surface area contributed by atoms with E-state index in [1.807, 2.05) is 30.3 Å². The minimum atomic E-state index is -0.128. The number of carbonyl (C=O) groups is 2. The summed E-state index contributed by atoms with van der Waals surface area (Å²) in [6, 6.07) is 9.73. The molecule has 0 spiro atoms. The van der Waals surface area contributed by atoms with E-state index in [0.29, 0.717) is 6.42 Å². The number of amides is 2. The minimum absolute atomic E-state index is 0. The van der Waals surface area contributed by atoms with Gasteiger partial charge in [-0.05, 0) is 31.5 Å². The monoisotopic (exact) mass is 311 g/mol. The number of rotatable bonds is 5. The third-order valence-electron chi connectivity index (χ3n) is 3.36. The number of nitrogens with one attached hydrogen (secondary N) is 3. The maximum atomic E-state index is 11.7. The summed E-state index contributed by atoms with van der Waals surface area (Å²) in [5.41, 5.74) is 0.948. The van der Waals surface area contributed by atoms with Crippen molar-refractivity contribution in [2.24, 2.45) is 0 Å². The van der Waals surface area contributed by atoms with Crippen LogP contribution in [0, 0.1) is 0 Å². The Bertz CT molecular complexity index is 447. The maximum absolute atomic E-state index is 11.7. The van der Waals surface area contributed by atoms with Crippen molar-refractivity contribution in [1.82, 2.24) is 16.0 Å². The highest BCUT2D eigenvalue weighted by molar-refractivity contribution is 5.86. The molecule has 2 rings (SSSR count). The molecule has 1 heterocycles. The van der Waals surface area contributed by atoms with Crippen molar-refractivity contribution in [3.8, 4) is 0 Å².